The van der Waals surface area contributed by atoms with Crippen LogP contribution in [0.3, 0.4) is 0 Å². The molecule has 1 aliphatic carbocycles. The number of rotatable bonds is 6. The second-order valence-electron chi connectivity index (χ2n) is 7.26. The van der Waals surface area contributed by atoms with Crippen LogP contribution in [-0.2, 0) is 20.1 Å². The van der Waals surface area contributed by atoms with Crippen LogP contribution in [0.1, 0.15) is 35.4 Å². The predicted octanol–water partition coefficient (Wildman–Crippen LogP) is 2.49. The van der Waals surface area contributed by atoms with E-state index in [1.165, 1.54) is 6.33 Å². The van der Waals surface area contributed by atoms with Crippen molar-refractivity contribution in [2.45, 2.75) is 45.8 Å². The molecular weight excluding hydrogens is 354 g/mol. The Morgan fingerprint density at radius 2 is 2.07 bits per heavy atom. The largest absolute Gasteiger partial charge is 0.334 e. The second-order valence-corrected chi connectivity index (χ2v) is 7.26. The van der Waals surface area contributed by atoms with E-state index in [0.717, 1.165) is 41.0 Å². The van der Waals surface area contributed by atoms with Crippen LogP contribution < -0.4 is 5.32 Å². The highest BCUT2D eigenvalue weighted by molar-refractivity contribution is 5.75. The van der Waals surface area contributed by atoms with E-state index in [2.05, 4.69) is 20.5 Å². The monoisotopic (exact) mass is 379 g/mol. The summed E-state index contributed by atoms with van der Waals surface area (Å²) in [4.78, 5) is 18.9. The smallest absolute Gasteiger partial charge is 0.318 e. The lowest BCUT2D eigenvalue weighted by atomic mass is 10.1. The fraction of sp³-hybridized carbons (Fsp3) is 0.400. The van der Waals surface area contributed by atoms with Gasteiger partial charge in [-0.1, -0.05) is 18.2 Å². The first-order chi connectivity index (χ1) is 13.5. The fourth-order valence-electron chi connectivity index (χ4n) is 3.46. The van der Waals surface area contributed by atoms with Gasteiger partial charge in [-0.25, -0.2) is 14.5 Å². The molecule has 2 aromatic heterocycles. The Labute approximate surface area is 164 Å². The molecule has 2 heterocycles. The van der Waals surface area contributed by atoms with Crippen molar-refractivity contribution in [1.82, 2.24) is 34.8 Å². The van der Waals surface area contributed by atoms with Gasteiger partial charge in [0, 0.05) is 30.9 Å². The van der Waals surface area contributed by atoms with Crippen molar-refractivity contribution in [1.29, 1.82) is 0 Å². The van der Waals surface area contributed by atoms with Gasteiger partial charge in [-0.2, -0.15) is 10.2 Å². The first-order valence-electron chi connectivity index (χ1n) is 9.51. The van der Waals surface area contributed by atoms with Gasteiger partial charge in [0.25, 0.3) is 0 Å². The van der Waals surface area contributed by atoms with Crippen molar-refractivity contribution in [3.8, 4) is 5.69 Å². The first-order valence-corrected chi connectivity index (χ1v) is 9.51. The van der Waals surface area contributed by atoms with Crippen molar-refractivity contribution in [2.24, 2.45) is 7.05 Å². The van der Waals surface area contributed by atoms with Gasteiger partial charge in [0.05, 0.1) is 17.9 Å². The van der Waals surface area contributed by atoms with Gasteiger partial charge in [0.1, 0.15) is 12.7 Å². The Hall–Kier alpha value is -3.16. The molecule has 1 N–H and O–H groups in total. The summed E-state index contributed by atoms with van der Waals surface area (Å²) in [5.74, 6) is 0. The maximum atomic E-state index is 13.0. The molecule has 1 saturated carbocycles. The van der Waals surface area contributed by atoms with Gasteiger partial charge in [-0.05, 0) is 38.3 Å². The molecule has 1 aliphatic rings. The number of hydrogen-bond donors (Lipinski definition) is 1. The number of hydrogen-bond acceptors (Lipinski definition) is 4. The van der Waals surface area contributed by atoms with Gasteiger partial charge in [-0.15, -0.1) is 0 Å². The Balaban J connectivity index is 1.48. The molecule has 2 amide bonds. The Kier molecular flexibility index (Phi) is 4.85. The van der Waals surface area contributed by atoms with E-state index in [4.69, 9.17) is 0 Å². The lowest BCUT2D eigenvalue weighted by molar-refractivity contribution is 0.191. The van der Waals surface area contributed by atoms with E-state index in [-0.39, 0.29) is 6.03 Å². The zero-order valence-corrected chi connectivity index (χ0v) is 16.5. The van der Waals surface area contributed by atoms with Crippen molar-refractivity contribution in [3.63, 3.8) is 0 Å². The molecular formula is C20H25N7O. The van der Waals surface area contributed by atoms with E-state index >= 15 is 0 Å². The van der Waals surface area contributed by atoms with Crippen LogP contribution >= 0.6 is 0 Å². The summed E-state index contributed by atoms with van der Waals surface area (Å²) in [6, 6.07) is 8.14. The van der Waals surface area contributed by atoms with Gasteiger partial charge in [0.2, 0.25) is 0 Å². The highest BCUT2D eigenvalue weighted by Crippen LogP contribution is 2.29. The predicted molar refractivity (Wildman–Crippen MR) is 105 cm³/mol. The standard InChI is InChI=1S/C20H25N7O/c1-14-18(15(2)25(3)24-14)11-26(17-8-9-17)20(28)22-10-16-6-4-5-7-19(16)27-13-21-12-23-27/h4-7,12-13,17H,8-11H2,1-3H3,(H,22,28). The fourth-order valence-corrected chi connectivity index (χ4v) is 3.46. The normalized spacial score (nSPS) is 13.5. The summed E-state index contributed by atoms with van der Waals surface area (Å²) in [6.45, 7) is 5.07. The molecule has 1 aromatic carbocycles. The van der Waals surface area contributed by atoms with Crippen molar-refractivity contribution in [3.05, 3.63) is 59.4 Å². The molecule has 0 radical (unpaired) electrons. The highest BCUT2D eigenvalue weighted by atomic mass is 16.2. The topological polar surface area (TPSA) is 80.9 Å². The summed E-state index contributed by atoms with van der Waals surface area (Å²) in [5, 5.41) is 11.8. The zero-order valence-electron chi connectivity index (χ0n) is 16.5. The number of aryl methyl sites for hydroxylation is 2. The molecule has 8 nitrogen and oxygen atoms in total. The number of aromatic nitrogens is 5. The number of carbonyl (C=O) groups is 1. The third kappa shape index (κ3) is 3.62. The van der Waals surface area contributed by atoms with Crippen molar-refractivity contribution >= 4 is 6.03 Å². The quantitative estimate of drug-likeness (QED) is 0.713. The van der Waals surface area contributed by atoms with Crippen LogP contribution in [0.5, 0.6) is 0 Å². The van der Waals surface area contributed by atoms with Gasteiger partial charge >= 0.3 is 6.03 Å². The lowest BCUT2D eigenvalue weighted by Gasteiger charge is -2.23. The average Bonchev–Trinajstić information content (AvgIpc) is 3.32. The van der Waals surface area contributed by atoms with Crippen molar-refractivity contribution < 1.29 is 4.79 Å². The number of carbonyl (C=O) groups excluding carboxylic acids is 1. The molecule has 0 saturated heterocycles. The Morgan fingerprint density at radius 3 is 2.71 bits per heavy atom. The zero-order chi connectivity index (χ0) is 19.7. The Bertz CT molecular complexity index is 973. The highest BCUT2D eigenvalue weighted by Gasteiger charge is 2.33. The molecule has 1 fully saturated rings. The second kappa shape index (κ2) is 7.46. The third-order valence-corrected chi connectivity index (χ3v) is 5.32. The minimum Gasteiger partial charge on any atom is -0.334 e. The average molecular weight is 379 g/mol. The Morgan fingerprint density at radius 1 is 1.29 bits per heavy atom. The SMILES string of the molecule is Cc1nn(C)c(C)c1CN(C(=O)NCc1ccccc1-n1cncn1)C1CC1. The molecule has 0 unspecified atom stereocenters. The summed E-state index contributed by atoms with van der Waals surface area (Å²) >= 11 is 0. The van der Waals surface area contributed by atoms with Crippen LogP contribution in [0.15, 0.2) is 36.9 Å². The summed E-state index contributed by atoms with van der Waals surface area (Å²) in [7, 11) is 1.94. The number of para-hydroxylation sites is 1. The maximum absolute atomic E-state index is 13.0. The molecule has 28 heavy (non-hydrogen) atoms. The van der Waals surface area contributed by atoms with Crippen LogP contribution in [0.25, 0.3) is 5.69 Å². The van der Waals surface area contributed by atoms with E-state index in [1.54, 1.807) is 11.0 Å². The number of nitrogens with one attached hydrogen (secondary N) is 1. The number of urea groups is 1. The summed E-state index contributed by atoms with van der Waals surface area (Å²) in [6.07, 6.45) is 5.27. The summed E-state index contributed by atoms with van der Waals surface area (Å²) < 4.78 is 3.59. The molecule has 0 bridgehead atoms. The van der Waals surface area contributed by atoms with Crippen LogP contribution in [-0.4, -0.2) is 41.5 Å². The van der Waals surface area contributed by atoms with Gasteiger partial charge in [-0.3, -0.25) is 4.68 Å². The molecule has 3 aromatic rings. The van der Waals surface area contributed by atoms with Crippen molar-refractivity contribution in [2.75, 3.05) is 0 Å². The van der Waals surface area contributed by atoms with E-state index < -0.39 is 0 Å². The molecule has 4 rings (SSSR count). The first kappa shape index (κ1) is 18.2. The van der Waals surface area contributed by atoms with E-state index in [0.29, 0.717) is 19.1 Å². The van der Waals surface area contributed by atoms with Gasteiger partial charge < -0.3 is 10.2 Å². The molecule has 8 heteroatoms. The summed E-state index contributed by atoms with van der Waals surface area (Å²) in [5.41, 5.74) is 5.12. The van der Waals surface area contributed by atoms with Crippen LogP contribution in [0, 0.1) is 13.8 Å². The lowest BCUT2D eigenvalue weighted by Crippen LogP contribution is -2.41. The number of benzene rings is 1. The van der Waals surface area contributed by atoms with E-state index in [1.807, 2.05) is 54.7 Å². The maximum Gasteiger partial charge on any atom is 0.318 e. The minimum absolute atomic E-state index is 0.0430. The third-order valence-electron chi connectivity index (χ3n) is 5.32. The van der Waals surface area contributed by atoms with Crippen LogP contribution in [0.4, 0.5) is 4.79 Å². The number of nitrogens with zero attached hydrogens (tertiary/aromatic N) is 6. The van der Waals surface area contributed by atoms with Crippen LogP contribution in [0.2, 0.25) is 0 Å². The minimum atomic E-state index is -0.0430. The van der Waals surface area contributed by atoms with E-state index in [9.17, 15) is 4.79 Å². The molecule has 0 atom stereocenters. The molecule has 146 valence electrons. The number of amides is 2. The molecule has 0 spiro atoms. The molecule has 0 aliphatic heterocycles. The van der Waals surface area contributed by atoms with Gasteiger partial charge in [0.15, 0.2) is 0 Å².